The number of piperazine rings is 1. The first-order valence-corrected chi connectivity index (χ1v) is 9.46. The molecule has 0 saturated carbocycles. The lowest BCUT2D eigenvalue weighted by Gasteiger charge is -2.35. The van der Waals surface area contributed by atoms with Crippen molar-refractivity contribution in [3.8, 4) is 11.4 Å². The largest absolute Gasteiger partial charge is 0.353 e. The summed E-state index contributed by atoms with van der Waals surface area (Å²) < 4.78 is 5.14. The van der Waals surface area contributed by atoms with Crippen LogP contribution >= 0.6 is 11.6 Å². The molecule has 0 aromatic carbocycles. The Bertz CT molecular complexity index is 949. The van der Waals surface area contributed by atoms with E-state index in [9.17, 15) is 4.79 Å². The Balaban J connectivity index is 1.38. The Morgan fingerprint density at radius 2 is 1.93 bits per heavy atom. The Labute approximate surface area is 167 Å². The number of nitrogens with zero attached hydrogens (tertiary/aromatic N) is 6. The third kappa shape index (κ3) is 3.82. The van der Waals surface area contributed by atoms with Gasteiger partial charge in [0.25, 0.3) is 5.91 Å². The highest BCUT2D eigenvalue weighted by atomic mass is 35.5. The summed E-state index contributed by atoms with van der Waals surface area (Å²) in [5, 5.41) is 4.34. The molecule has 28 heavy (non-hydrogen) atoms. The summed E-state index contributed by atoms with van der Waals surface area (Å²) in [6.45, 7) is 4.63. The summed E-state index contributed by atoms with van der Waals surface area (Å²) in [5.74, 6) is 1.98. The van der Waals surface area contributed by atoms with Gasteiger partial charge in [-0.2, -0.15) is 4.98 Å². The lowest BCUT2D eigenvalue weighted by atomic mass is 10.2. The average Bonchev–Trinajstić information content (AvgIpc) is 3.23. The van der Waals surface area contributed by atoms with Crippen molar-refractivity contribution in [3.05, 3.63) is 53.3 Å². The normalized spacial score (nSPS) is 14.4. The molecule has 1 fully saturated rings. The summed E-state index contributed by atoms with van der Waals surface area (Å²) in [6, 6.07) is 7.21. The lowest BCUT2D eigenvalue weighted by Crippen LogP contribution is -2.49. The van der Waals surface area contributed by atoms with Crippen LogP contribution in [0.3, 0.4) is 0 Å². The number of aromatic nitrogens is 4. The van der Waals surface area contributed by atoms with Crippen molar-refractivity contribution >= 4 is 23.3 Å². The van der Waals surface area contributed by atoms with E-state index in [1.54, 1.807) is 18.3 Å². The molecule has 3 aromatic rings. The van der Waals surface area contributed by atoms with Crippen LogP contribution in [0.1, 0.15) is 23.2 Å². The molecule has 3 aromatic heterocycles. The first-order chi connectivity index (χ1) is 13.6. The maximum atomic E-state index is 12.6. The maximum Gasteiger partial charge on any atom is 0.255 e. The fourth-order valence-corrected chi connectivity index (χ4v) is 3.16. The second-order valence-electron chi connectivity index (χ2n) is 6.42. The van der Waals surface area contributed by atoms with E-state index in [0.717, 1.165) is 11.4 Å². The van der Waals surface area contributed by atoms with Gasteiger partial charge in [0, 0.05) is 50.6 Å². The molecule has 0 bridgehead atoms. The molecule has 9 heteroatoms. The van der Waals surface area contributed by atoms with Crippen LogP contribution < -0.4 is 4.90 Å². The monoisotopic (exact) mass is 398 g/mol. The molecule has 1 aliphatic heterocycles. The predicted molar refractivity (Wildman–Crippen MR) is 104 cm³/mol. The van der Waals surface area contributed by atoms with Crippen molar-refractivity contribution in [2.45, 2.75) is 13.3 Å². The fraction of sp³-hybridized carbons (Fsp3) is 0.316. The molecule has 144 valence electrons. The third-order valence-corrected chi connectivity index (χ3v) is 4.87. The van der Waals surface area contributed by atoms with Gasteiger partial charge in [-0.3, -0.25) is 4.79 Å². The molecule has 0 N–H and O–H groups in total. The molecule has 0 unspecified atom stereocenters. The molecule has 4 heterocycles. The van der Waals surface area contributed by atoms with E-state index in [0.29, 0.717) is 55.0 Å². The molecule has 0 radical (unpaired) electrons. The average molecular weight is 399 g/mol. The number of hydrogen-bond acceptors (Lipinski definition) is 7. The number of carbonyl (C=O) groups is 1. The lowest BCUT2D eigenvalue weighted by molar-refractivity contribution is 0.0746. The van der Waals surface area contributed by atoms with Crippen LogP contribution in [-0.2, 0) is 6.42 Å². The highest BCUT2D eigenvalue weighted by Gasteiger charge is 2.23. The second-order valence-corrected chi connectivity index (χ2v) is 6.81. The van der Waals surface area contributed by atoms with Crippen molar-refractivity contribution in [1.82, 2.24) is 25.0 Å². The number of rotatable bonds is 4. The van der Waals surface area contributed by atoms with Gasteiger partial charge in [-0.25, -0.2) is 9.97 Å². The SMILES string of the molecule is CCc1nc(-c2ccc(N3CCN(C(=O)c4ccc(Cl)nc4)CC3)nc2)no1. The molecule has 0 spiro atoms. The zero-order valence-corrected chi connectivity index (χ0v) is 16.1. The quantitative estimate of drug-likeness (QED) is 0.624. The van der Waals surface area contributed by atoms with E-state index < -0.39 is 0 Å². The first kappa shape index (κ1) is 18.4. The number of anilines is 1. The van der Waals surface area contributed by atoms with Gasteiger partial charge in [0.15, 0.2) is 0 Å². The smallest absolute Gasteiger partial charge is 0.255 e. The van der Waals surface area contributed by atoms with Crippen molar-refractivity contribution < 1.29 is 9.32 Å². The third-order valence-electron chi connectivity index (χ3n) is 4.64. The van der Waals surface area contributed by atoms with Crippen LogP contribution in [0.5, 0.6) is 0 Å². The van der Waals surface area contributed by atoms with Crippen LogP contribution in [0.15, 0.2) is 41.2 Å². The second kappa shape index (κ2) is 7.93. The summed E-state index contributed by atoms with van der Waals surface area (Å²) in [5.41, 5.74) is 1.36. The van der Waals surface area contributed by atoms with Gasteiger partial charge < -0.3 is 14.3 Å². The maximum absolute atomic E-state index is 12.6. The van der Waals surface area contributed by atoms with Crippen molar-refractivity contribution in [2.75, 3.05) is 31.1 Å². The number of pyridine rings is 2. The Morgan fingerprint density at radius 1 is 1.11 bits per heavy atom. The summed E-state index contributed by atoms with van der Waals surface area (Å²) in [4.78, 5) is 29.4. The van der Waals surface area contributed by atoms with Crippen LogP contribution in [0.2, 0.25) is 5.15 Å². The zero-order valence-electron chi connectivity index (χ0n) is 15.4. The van der Waals surface area contributed by atoms with Gasteiger partial charge in [0.05, 0.1) is 5.56 Å². The highest BCUT2D eigenvalue weighted by Crippen LogP contribution is 2.20. The van der Waals surface area contributed by atoms with E-state index in [1.807, 2.05) is 24.0 Å². The topological polar surface area (TPSA) is 88.3 Å². The highest BCUT2D eigenvalue weighted by molar-refractivity contribution is 6.29. The fourth-order valence-electron chi connectivity index (χ4n) is 3.04. The molecule has 1 amide bonds. The minimum absolute atomic E-state index is 0.0315. The number of aryl methyl sites for hydroxylation is 1. The summed E-state index contributed by atoms with van der Waals surface area (Å²) in [7, 11) is 0. The van der Waals surface area contributed by atoms with Gasteiger partial charge in [-0.15, -0.1) is 0 Å². The standard InChI is InChI=1S/C19H19ClN6O2/c1-2-17-23-18(24-28-17)13-4-6-16(22-11-13)25-7-9-26(10-8-25)19(27)14-3-5-15(20)21-12-14/h3-6,11-12H,2,7-10H2,1H3. The molecular formula is C19H19ClN6O2. The molecule has 1 aliphatic rings. The van der Waals surface area contributed by atoms with Crippen LogP contribution in [-0.4, -0.2) is 57.1 Å². The van der Waals surface area contributed by atoms with Gasteiger partial charge >= 0.3 is 0 Å². The molecule has 0 atom stereocenters. The van der Waals surface area contributed by atoms with Crippen LogP contribution in [0.4, 0.5) is 5.82 Å². The zero-order chi connectivity index (χ0) is 19.5. The Morgan fingerprint density at radius 3 is 2.54 bits per heavy atom. The van der Waals surface area contributed by atoms with Crippen LogP contribution in [0, 0.1) is 0 Å². The Hall–Kier alpha value is -3.00. The predicted octanol–water partition coefficient (Wildman–Crippen LogP) is 2.70. The van der Waals surface area contributed by atoms with E-state index >= 15 is 0 Å². The molecule has 0 aliphatic carbocycles. The minimum atomic E-state index is -0.0315. The van der Waals surface area contributed by atoms with Gasteiger partial charge in [-0.05, 0) is 24.3 Å². The van der Waals surface area contributed by atoms with Gasteiger partial charge in [0.1, 0.15) is 11.0 Å². The molecule has 1 saturated heterocycles. The molecular weight excluding hydrogens is 380 g/mol. The van der Waals surface area contributed by atoms with Crippen molar-refractivity contribution in [3.63, 3.8) is 0 Å². The molecule has 4 rings (SSSR count). The summed E-state index contributed by atoms with van der Waals surface area (Å²) in [6.07, 6.45) is 3.96. The van der Waals surface area contributed by atoms with E-state index in [2.05, 4.69) is 25.0 Å². The number of halogens is 1. The number of hydrogen-bond donors (Lipinski definition) is 0. The van der Waals surface area contributed by atoms with Crippen molar-refractivity contribution in [1.29, 1.82) is 0 Å². The first-order valence-electron chi connectivity index (χ1n) is 9.09. The summed E-state index contributed by atoms with van der Waals surface area (Å²) >= 11 is 5.79. The van der Waals surface area contributed by atoms with Crippen LogP contribution in [0.25, 0.3) is 11.4 Å². The van der Waals surface area contributed by atoms with Gasteiger partial charge in [0.2, 0.25) is 11.7 Å². The van der Waals surface area contributed by atoms with Crippen molar-refractivity contribution in [2.24, 2.45) is 0 Å². The minimum Gasteiger partial charge on any atom is -0.353 e. The molecule has 8 nitrogen and oxygen atoms in total. The van der Waals surface area contributed by atoms with E-state index in [-0.39, 0.29) is 5.91 Å². The van der Waals surface area contributed by atoms with E-state index in [1.165, 1.54) is 6.20 Å². The van der Waals surface area contributed by atoms with E-state index in [4.69, 9.17) is 16.1 Å². The Kier molecular flexibility index (Phi) is 5.21. The van der Waals surface area contributed by atoms with Gasteiger partial charge in [-0.1, -0.05) is 23.7 Å². The number of amides is 1. The number of carbonyl (C=O) groups excluding carboxylic acids is 1.